The summed E-state index contributed by atoms with van der Waals surface area (Å²) in [7, 11) is 0. The molecular weight excluding hydrogens is 377 g/mol. The van der Waals surface area contributed by atoms with E-state index in [1.54, 1.807) is 0 Å². The van der Waals surface area contributed by atoms with E-state index in [2.05, 4.69) is 9.55 Å². The van der Waals surface area contributed by atoms with Crippen LogP contribution in [0.5, 0.6) is 0 Å². The van der Waals surface area contributed by atoms with Gasteiger partial charge >= 0.3 is 0 Å². The third-order valence-corrected chi connectivity index (χ3v) is 5.52. The monoisotopic (exact) mass is 399 g/mol. The van der Waals surface area contributed by atoms with Crippen molar-refractivity contribution in [3.63, 3.8) is 0 Å². The second kappa shape index (κ2) is 7.64. The van der Waals surface area contributed by atoms with Crippen LogP contribution in [0.25, 0.3) is 22.6 Å². The number of alkyl halides is 1. The number of pyridine rings is 1. The molecule has 28 heavy (non-hydrogen) atoms. The maximum Gasteiger partial charge on any atom is 0.140 e. The Hall–Kier alpha value is -2.24. The SMILES string of the molecule is Cc1cc(-c2nc(-c3ccc(Cl)c(C)c3)n3c2CCO[C@H](CF)C3)cc(C)n1. The van der Waals surface area contributed by atoms with Crippen LogP contribution in [-0.4, -0.2) is 33.9 Å². The molecule has 3 heterocycles. The van der Waals surface area contributed by atoms with Crippen molar-refractivity contribution >= 4 is 11.6 Å². The first-order chi connectivity index (χ1) is 13.5. The molecule has 0 radical (unpaired) electrons. The molecule has 6 heteroatoms. The predicted octanol–water partition coefficient (Wildman–Crippen LogP) is 5.10. The highest BCUT2D eigenvalue weighted by Gasteiger charge is 2.25. The van der Waals surface area contributed by atoms with E-state index in [0.29, 0.717) is 19.6 Å². The summed E-state index contributed by atoms with van der Waals surface area (Å²) >= 11 is 6.22. The van der Waals surface area contributed by atoms with Crippen LogP contribution >= 0.6 is 11.6 Å². The zero-order chi connectivity index (χ0) is 19.8. The number of fused-ring (bicyclic) bond motifs is 1. The number of imidazole rings is 1. The largest absolute Gasteiger partial charge is 0.373 e. The lowest BCUT2D eigenvalue weighted by molar-refractivity contribution is 0.0355. The Kier molecular flexibility index (Phi) is 5.21. The lowest BCUT2D eigenvalue weighted by atomic mass is 10.1. The van der Waals surface area contributed by atoms with E-state index in [9.17, 15) is 4.39 Å². The van der Waals surface area contributed by atoms with Crippen molar-refractivity contribution in [1.82, 2.24) is 14.5 Å². The van der Waals surface area contributed by atoms with Crippen LogP contribution in [0.1, 0.15) is 22.6 Å². The van der Waals surface area contributed by atoms with Gasteiger partial charge in [-0.15, -0.1) is 0 Å². The Labute approximate surface area is 169 Å². The van der Waals surface area contributed by atoms with Crippen LogP contribution in [0, 0.1) is 20.8 Å². The van der Waals surface area contributed by atoms with Crippen LogP contribution in [0.4, 0.5) is 4.39 Å². The van der Waals surface area contributed by atoms with Crippen molar-refractivity contribution in [3.8, 4) is 22.6 Å². The minimum atomic E-state index is -0.514. The Morgan fingerprint density at radius 3 is 2.54 bits per heavy atom. The number of nitrogens with zero attached hydrogens (tertiary/aromatic N) is 3. The molecule has 4 nitrogen and oxygen atoms in total. The standard InChI is InChI=1S/C22H23ClFN3O/c1-13-8-16(4-5-19(13)23)22-26-21(17-9-14(2)25-15(3)10-17)20-6-7-28-18(11-24)12-27(20)22/h4-5,8-10,18H,6-7,11-12H2,1-3H3/t18-/m1/s1. The van der Waals surface area contributed by atoms with Crippen molar-refractivity contribution in [2.75, 3.05) is 13.3 Å². The van der Waals surface area contributed by atoms with E-state index in [-0.39, 0.29) is 0 Å². The van der Waals surface area contributed by atoms with Gasteiger partial charge in [-0.3, -0.25) is 4.98 Å². The summed E-state index contributed by atoms with van der Waals surface area (Å²) in [5.74, 6) is 0.820. The Morgan fingerprint density at radius 1 is 1.11 bits per heavy atom. The topological polar surface area (TPSA) is 39.9 Å². The maximum absolute atomic E-state index is 13.5. The van der Waals surface area contributed by atoms with E-state index in [0.717, 1.165) is 50.3 Å². The normalized spacial score (nSPS) is 16.7. The summed E-state index contributed by atoms with van der Waals surface area (Å²) < 4.78 is 21.3. The molecule has 2 aromatic heterocycles. The van der Waals surface area contributed by atoms with Crippen molar-refractivity contribution in [2.45, 2.75) is 39.8 Å². The first kappa shape index (κ1) is 19.1. The number of aryl methyl sites for hydroxylation is 3. The Morgan fingerprint density at radius 2 is 1.86 bits per heavy atom. The molecule has 0 fully saturated rings. The molecule has 146 valence electrons. The van der Waals surface area contributed by atoms with E-state index >= 15 is 0 Å². The summed E-state index contributed by atoms with van der Waals surface area (Å²) in [6, 6.07) is 9.97. The summed E-state index contributed by atoms with van der Waals surface area (Å²) in [6.07, 6.45) is 0.225. The fourth-order valence-electron chi connectivity index (χ4n) is 3.81. The van der Waals surface area contributed by atoms with E-state index in [1.807, 2.05) is 51.1 Å². The van der Waals surface area contributed by atoms with Gasteiger partial charge in [0.15, 0.2) is 0 Å². The first-order valence-electron chi connectivity index (χ1n) is 9.45. The van der Waals surface area contributed by atoms with Gasteiger partial charge in [-0.25, -0.2) is 9.37 Å². The Balaban J connectivity index is 1.93. The van der Waals surface area contributed by atoms with Gasteiger partial charge < -0.3 is 9.30 Å². The van der Waals surface area contributed by atoms with Gasteiger partial charge in [-0.05, 0) is 56.7 Å². The van der Waals surface area contributed by atoms with Gasteiger partial charge in [-0.1, -0.05) is 11.6 Å². The molecule has 0 N–H and O–H groups in total. The second-order valence-electron chi connectivity index (χ2n) is 7.34. The zero-order valence-corrected chi connectivity index (χ0v) is 17.1. The molecule has 1 aliphatic rings. The molecule has 1 atom stereocenters. The lowest BCUT2D eigenvalue weighted by Gasteiger charge is -2.14. The highest BCUT2D eigenvalue weighted by Crippen LogP contribution is 2.33. The molecule has 0 saturated heterocycles. The van der Waals surface area contributed by atoms with Crippen molar-refractivity contribution in [2.24, 2.45) is 0 Å². The van der Waals surface area contributed by atoms with Crippen molar-refractivity contribution in [1.29, 1.82) is 0 Å². The first-order valence-corrected chi connectivity index (χ1v) is 9.83. The number of hydrogen-bond acceptors (Lipinski definition) is 3. The van der Waals surface area contributed by atoms with Crippen molar-refractivity contribution < 1.29 is 9.13 Å². The second-order valence-corrected chi connectivity index (χ2v) is 7.75. The average molecular weight is 400 g/mol. The molecule has 0 bridgehead atoms. The van der Waals surface area contributed by atoms with Crippen LogP contribution in [0.2, 0.25) is 5.02 Å². The van der Waals surface area contributed by atoms with Crippen LogP contribution in [0.3, 0.4) is 0 Å². The van der Waals surface area contributed by atoms with E-state index < -0.39 is 12.8 Å². The van der Waals surface area contributed by atoms with Crippen LogP contribution < -0.4 is 0 Å². The summed E-state index contributed by atoms with van der Waals surface area (Å²) in [4.78, 5) is 9.49. The molecule has 4 rings (SSSR count). The van der Waals surface area contributed by atoms with Gasteiger partial charge in [0.2, 0.25) is 0 Å². The highest BCUT2D eigenvalue weighted by molar-refractivity contribution is 6.31. The fraction of sp³-hybridized carbons (Fsp3) is 0.364. The van der Waals surface area contributed by atoms with Gasteiger partial charge in [0.05, 0.1) is 18.8 Å². The molecule has 1 aliphatic heterocycles. The van der Waals surface area contributed by atoms with Gasteiger partial charge in [0.25, 0.3) is 0 Å². The van der Waals surface area contributed by atoms with Gasteiger partial charge in [0, 0.05) is 39.7 Å². The number of halogens is 2. The molecule has 0 saturated carbocycles. The molecule has 0 unspecified atom stereocenters. The van der Waals surface area contributed by atoms with Crippen molar-refractivity contribution in [3.05, 3.63) is 58.0 Å². The summed E-state index contributed by atoms with van der Waals surface area (Å²) in [6.45, 7) is 6.35. The van der Waals surface area contributed by atoms with Crippen LogP contribution in [-0.2, 0) is 17.7 Å². The number of ether oxygens (including phenoxy) is 1. The van der Waals surface area contributed by atoms with E-state index in [1.165, 1.54) is 0 Å². The number of rotatable bonds is 3. The molecular formula is C22H23ClFN3O. The molecule has 1 aromatic carbocycles. The van der Waals surface area contributed by atoms with Crippen LogP contribution in [0.15, 0.2) is 30.3 Å². The third kappa shape index (κ3) is 3.56. The minimum Gasteiger partial charge on any atom is -0.373 e. The number of aromatic nitrogens is 3. The zero-order valence-electron chi connectivity index (χ0n) is 16.3. The molecule has 0 aliphatic carbocycles. The van der Waals surface area contributed by atoms with Gasteiger partial charge in [0.1, 0.15) is 18.6 Å². The lowest BCUT2D eigenvalue weighted by Crippen LogP contribution is -2.21. The maximum atomic E-state index is 13.5. The molecule has 0 amide bonds. The number of benzene rings is 1. The minimum absolute atomic E-state index is 0.443. The van der Waals surface area contributed by atoms with E-state index in [4.69, 9.17) is 21.3 Å². The molecule has 0 spiro atoms. The smallest absolute Gasteiger partial charge is 0.140 e. The average Bonchev–Trinajstić information content (AvgIpc) is 2.87. The highest BCUT2D eigenvalue weighted by atomic mass is 35.5. The summed E-state index contributed by atoms with van der Waals surface area (Å²) in [5.41, 5.74) is 6.88. The molecule has 3 aromatic rings. The predicted molar refractivity (Wildman–Crippen MR) is 110 cm³/mol. The Bertz CT molecular complexity index is 1010. The van der Waals surface area contributed by atoms with Gasteiger partial charge in [-0.2, -0.15) is 0 Å². The number of hydrogen-bond donors (Lipinski definition) is 0. The third-order valence-electron chi connectivity index (χ3n) is 5.09. The summed E-state index contributed by atoms with van der Waals surface area (Å²) in [5, 5.41) is 0.719. The quantitative estimate of drug-likeness (QED) is 0.615. The fourth-order valence-corrected chi connectivity index (χ4v) is 3.93.